The Kier molecular flexibility index (Phi) is 6.83. The van der Waals surface area contributed by atoms with Crippen LogP contribution in [-0.2, 0) is 9.59 Å². The van der Waals surface area contributed by atoms with Crippen molar-refractivity contribution < 1.29 is 23.9 Å². The van der Waals surface area contributed by atoms with Crippen molar-refractivity contribution >= 4 is 51.5 Å². The van der Waals surface area contributed by atoms with Gasteiger partial charge in [-0.1, -0.05) is 11.6 Å². The molecule has 3 rings (SSSR count). The molecule has 0 radical (unpaired) electrons. The summed E-state index contributed by atoms with van der Waals surface area (Å²) in [4.78, 5) is 31.6. The number of hydroxylamine groups is 1. The highest BCUT2D eigenvalue weighted by Crippen LogP contribution is 2.35. The van der Waals surface area contributed by atoms with Crippen LogP contribution in [0.2, 0.25) is 5.02 Å². The van der Waals surface area contributed by atoms with Crippen LogP contribution in [0.1, 0.15) is 19.3 Å². The number of methoxy groups -OCH3 is 1. The predicted molar refractivity (Wildman–Crippen MR) is 113 cm³/mol. The van der Waals surface area contributed by atoms with Gasteiger partial charge in [0, 0.05) is 30.0 Å². The Morgan fingerprint density at radius 1 is 1.26 bits per heavy atom. The van der Waals surface area contributed by atoms with E-state index < -0.39 is 17.6 Å². The third-order valence-electron chi connectivity index (χ3n) is 4.40. The maximum absolute atomic E-state index is 13.4. The van der Waals surface area contributed by atoms with Gasteiger partial charge in [-0.3, -0.25) is 14.8 Å². The van der Waals surface area contributed by atoms with Crippen molar-refractivity contribution in [2.45, 2.75) is 19.3 Å². The van der Waals surface area contributed by atoms with Crippen molar-refractivity contribution in [2.24, 2.45) is 5.73 Å². The number of carbonyl (C=O) groups excluding carboxylic acids is 2. The SMILES string of the molecule is COc1cc2ncnc(Nc3ccc(F)c(Cl)c3)c2cc1N(O)C(=O)CCCC(N)=O. The Morgan fingerprint density at radius 2 is 2.03 bits per heavy atom. The molecule has 0 unspecified atom stereocenters. The van der Waals surface area contributed by atoms with Gasteiger partial charge in [-0.15, -0.1) is 0 Å². The van der Waals surface area contributed by atoms with E-state index in [0.29, 0.717) is 27.5 Å². The van der Waals surface area contributed by atoms with Crippen LogP contribution in [0.15, 0.2) is 36.7 Å². The summed E-state index contributed by atoms with van der Waals surface area (Å²) in [5.41, 5.74) is 6.09. The van der Waals surface area contributed by atoms with E-state index in [9.17, 15) is 19.2 Å². The molecule has 0 fully saturated rings. The van der Waals surface area contributed by atoms with Gasteiger partial charge in [0.25, 0.3) is 5.91 Å². The first-order chi connectivity index (χ1) is 14.8. The maximum Gasteiger partial charge on any atom is 0.250 e. The number of ether oxygens (including phenoxy) is 1. The Labute approximate surface area is 181 Å². The first kappa shape index (κ1) is 22.2. The molecular weight excluding hydrogens is 429 g/mol. The number of amides is 2. The lowest BCUT2D eigenvalue weighted by molar-refractivity contribution is -0.124. The van der Waals surface area contributed by atoms with Crippen LogP contribution < -0.4 is 20.9 Å². The Balaban J connectivity index is 1.96. The Hall–Kier alpha value is -3.50. The van der Waals surface area contributed by atoms with Gasteiger partial charge in [0.05, 0.1) is 17.6 Å². The van der Waals surface area contributed by atoms with Crippen LogP contribution >= 0.6 is 11.6 Å². The minimum Gasteiger partial charge on any atom is -0.494 e. The average molecular weight is 448 g/mol. The molecular formula is C20H19ClFN5O4. The molecule has 0 aliphatic carbocycles. The summed E-state index contributed by atoms with van der Waals surface area (Å²) in [6, 6.07) is 7.11. The summed E-state index contributed by atoms with van der Waals surface area (Å²) in [7, 11) is 1.39. The van der Waals surface area contributed by atoms with Crippen LogP contribution in [0.4, 0.5) is 21.6 Å². The number of rotatable bonds is 8. The van der Waals surface area contributed by atoms with Gasteiger partial charge < -0.3 is 15.8 Å². The molecule has 2 amide bonds. The summed E-state index contributed by atoms with van der Waals surface area (Å²) in [5, 5.41) is 14.3. The number of fused-ring (bicyclic) bond motifs is 1. The van der Waals surface area contributed by atoms with E-state index in [1.165, 1.54) is 43.8 Å². The van der Waals surface area contributed by atoms with Gasteiger partial charge in [0.2, 0.25) is 5.91 Å². The zero-order valence-corrected chi connectivity index (χ0v) is 17.2. The highest BCUT2D eigenvalue weighted by atomic mass is 35.5. The Morgan fingerprint density at radius 3 is 2.71 bits per heavy atom. The first-order valence-electron chi connectivity index (χ1n) is 9.15. The summed E-state index contributed by atoms with van der Waals surface area (Å²) >= 11 is 5.83. The first-order valence-corrected chi connectivity index (χ1v) is 9.53. The van der Waals surface area contributed by atoms with E-state index in [0.717, 1.165) is 0 Å². The Bertz CT molecular complexity index is 1140. The number of nitrogens with zero attached hydrogens (tertiary/aromatic N) is 3. The smallest absolute Gasteiger partial charge is 0.250 e. The maximum atomic E-state index is 13.4. The fourth-order valence-electron chi connectivity index (χ4n) is 2.87. The molecule has 0 aliphatic rings. The second-order valence-electron chi connectivity index (χ2n) is 6.54. The lowest BCUT2D eigenvalue weighted by Crippen LogP contribution is -2.27. The summed E-state index contributed by atoms with van der Waals surface area (Å²) in [6.45, 7) is 0. The highest BCUT2D eigenvalue weighted by molar-refractivity contribution is 6.31. The molecule has 11 heteroatoms. The van der Waals surface area contributed by atoms with E-state index in [-0.39, 0.29) is 35.7 Å². The number of halogens is 2. The van der Waals surface area contributed by atoms with E-state index in [4.69, 9.17) is 22.1 Å². The third-order valence-corrected chi connectivity index (χ3v) is 4.69. The lowest BCUT2D eigenvalue weighted by Gasteiger charge is -2.19. The van der Waals surface area contributed by atoms with Crippen LogP contribution in [0.5, 0.6) is 5.75 Å². The number of benzene rings is 2. The van der Waals surface area contributed by atoms with Crippen LogP contribution in [0.3, 0.4) is 0 Å². The molecule has 0 saturated carbocycles. The zero-order chi connectivity index (χ0) is 22.5. The molecule has 4 N–H and O–H groups in total. The molecule has 0 atom stereocenters. The number of aromatic nitrogens is 2. The largest absolute Gasteiger partial charge is 0.494 e. The highest BCUT2D eigenvalue weighted by Gasteiger charge is 2.20. The van der Waals surface area contributed by atoms with E-state index in [2.05, 4.69) is 15.3 Å². The average Bonchev–Trinajstić information content (AvgIpc) is 2.74. The summed E-state index contributed by atoms with van der Waals surface area (Å²) in [5.74, 6) is -1.19. The van der Waals surface area contributed by atoms with E-state index in [1.54, 1.807) is 0 Å². The van der Waals surface area contributed by atoms with Gasteiger partial charge in [-0.05, 0) is 30.7 Å². The molecule has 1 aromatic heterocycles. The fraction of sp³-hybridized carbons (Fsp3) is 0.200. The van der Waals surface area contributed by atoms with Crippen molar-refractivity contribution in [1.82, 2.24) is 9.97 Å². The van der Waals surface area contributed by atoms with Crippen LogP contribution in [-0.4, -0.2) is 34.1 Å². The van der Waals surface area contributed by atoms with Gasteiger partial charge in [0.1, 0.15) is 29.4 Å². The molecule has 3 aromatic rings. The van der Waals surface area contributed by atoms with Gasteiger partial charge in [-0.25, -0.2) is 14.4 Å². The molecule has 31 heavy (non-hydrogen) atoms. The van der Waals surface area contributed by atoms with Gasteiger partial charge in [0.15, 0.2) is 0 Å². The molecule has 0 bridgehead atoms. The minimum atomic E-state index is -0.643. The number of anilines is 3. The van der Waals surface area contributed by atoms with Crippen molar-refractivity contribution in [3.8, 4) is 5.75 Å². The number of hydrogen-bond donors (Lipinski definition) is 3. The minimum absolute atomic E-state index is 0.0244. The third kappa shape index (κ3) is 5.16. The molecule has 1 heterocycles. The second-order valence-corrected chi connectivity index (χ2v) is 6.95. The second kappa shape index (κ2) is 9.54. The summed E-state index contributed by atoms with van der Waals surface area (Å²) < 4.78 is 18.7. The quantitative estimate of drug-likeness (QED) is 0.355. The number of carbonyl (C=O) groups is 2. The number of primary amides is 1. The van der Waals surface area contributed by atoms with Gasteiger partial charge in [-0.2, -0.15) is 5.06 Å². The van der Waals surface area contributed by atoms with Gasteiger partial charge >= 0.3 is 0 Å². The standard InChI is InChI=1S/C20H19ClFN5O4/c1-31-17-9-15-12(8-16(17)27(30)19(29)4-2-3-18(23)28)20(25-10-24-15)26-11-5-6-14(22)13(21)7-11/h5-10,30H,2-4H2,1H3,(H2,23,28)(H,24,25,26). The molecule has 9 nitrogen and oxygen atoms in total. The summed E-state index contributed by atoms with van der Waals surface area (Å²) in [6.07, 6.45) is 1.45. The molecule has 0 spiro atoms. The van der Waals surface area contributed by atoms with Crippen molar-refractivity contribution in [3.63, 3.8) is 0 Å². The van der Waals surface area contributed by atoms with Crippen molar-refractivity contribution in [2.75, 3.05) is 17.5 Å². The number of nitrogens with one attached hydrogen (secondary N) is 1. The molecule has 162 valence electrons. The van der Waals surface area contributed by atoms with Crippen molar-refractivity contribution in [3.05, 3.63) is 47.5 Å². The van der Waals surface area contributed by atoms with E-state index >= 15 is 0 Å². The number of nitrogens with two attached hydrogens (primary N) is 1. The molecule has 0 saturated heterocycles. The normalized spacial score (nSPS) is 10.7. The molecule has 2 aromatic carbocycles. The topological polar surface area (TPSA) is 131 Å². The van der Waals surface area contributed by atoms with Crippen LogP contribution in [0.25, 0.3) is 10.9 Å². The van der Waals surface area contributed by atoms with Crippen molar-refractivity contribution in [1.29, 1.82) is 0 Å². The zero-order valence-electron chi connectivity index (χ0n) is 16.4. The van der Waals surface area contributed by atoms with E-state index in [1.807, 2.05) is 0 Å². The van der Waals surface area contributed by atoms with Crippen LogP contribution in [0, 0.1) is 5.82 Å². The predicted octanol–water partition coefficient (Wildman–Crippen LogP) is 3.55. The lowest BCUT2D eigenvalue weighted by atomic mass is 10.1. The molecule has 0 aliphatic heterocycles. The fourth-order valence-corrected chi connectivity index (χ4v) is 3.05. The monoisotopic (exact) mass is 447 g/mol. The number of hydrogen-bond acceptors (Lipinski definition) is 7.